The molecular formula is C12H12FN3O3S. The lowest BCUT2D eigenvalue weighted by atomic mass is 9.93. The van der Waals surface area contributed by atoms with Gasteiger partial charge in [0.05, 0.1) is 19.0 Å². The Balaban J connectivity index is 1.79. The van der Waals surface area contributed by atoms with Gasteiger partial charge >= 0.3 is 0 Å². The van der Waals surface area contributed by atoms with Crippen LogP contribution in [0.25, 0.3) is 0 Å². The van der Waals surface area contributed by atoms with E-state index in [1.54, 1.807) is 24.3 Å². The topological polar surface area (TPSA) is 84.9 Å². The summed E-state index contributed by atoms with van der Waals surface area (Å²) in [6.45, 7) is 0.0887. The number of nitrogens with zero attached hydrogens (tertiary/aromatic N) is 2. The molecule has 0 unspecified atom stereocenters. The first kappa shape index (κ1) is 13.2. The van der Waals surface area contributed by atoms with Crippen molar-refractivity contribution in [2.45, 2.75) is 16.6 Å². The second-order valence-electron chi connectivity index (χ2n) is 4.70. The number of aromatic nitrogens is 3. The van der Waals surface area contributed by atoms with Gasteiger partial charge in [-0.25, -0.2) is 17.8 Å². The highest BCUT2D eigenvalue weighted by Gasteiger charge is 2.40. The Morgan fingerprint density at radius 2 is 2.00 bits per heavy atom. The number of alkyl halides is 1. The quantitative estimate of drug-likeness (QED) is 0.909. The molecule has 20 heavy (non-hydrogen) atoms. The zero-order valence-corrected chi connectivity index (χ0v) is 11.2. The van der Waals surface area contributed by atoms with Gasteiger partial charge in [0.25, 0.3) is 0 Å². The number of rotatable bonds is 4. The molecule has 0 amide bonds. The molecule has 1 aliphatic heterocycles. The van der Waals surface area contributed by atoms with Crippen molar-refractivity contribution in [2.24, 2.45) is 0 Å². The summed E-state index contributed by atoms with van der Waals surface area (Å²) in [5, 5.41) is 5.67. The van der Waals surface area contributed by atoms with Gasteiger partial charge in [0.1, 0.15) is 6.33 Å². The van der Waals surface area contributed by atoms with E-state index in [1.807, 2.05) is 0 Å². The van der Waals surface area contributed by atoms with Crippen LogP contribution in [0.15, 0.2) is 35.7 Å². The average molecular weight is 297 g/mol. The smallest absolute Gasteiger partial charge is 0.243 e. The second kappa shape index (κ2) is 4.64. The fourth-order valence-electron chi connectivity index (χ4n) is 1.98. The van der Waals surface area contributed by atoms with E-state index in [1.165, 1.54) is 0 Å². The molecular weight excluding hydrogens is 285 g/mol. The normalized spacial score (nSPS) is 17.6. The maximum Gasteiger partial charge on any atom is 0.243 e. The van der Waals surface area contributed by atoms with Crippen LogP contribution in [-0.4, -0.2) is 36.8 Å². The summed E-state index contributed by atoms with van der Waals surface area (Å²) in [5.74, 6) is -0.210. The molecule has 1 fully saturated rings. The zero-order chi connectivity index (χ0) is 14.2. The van der Waals surface area contributed by atoms with E-state index >= 15 is 0 Å². The largest absolute Gasteiger partial charge is 0.374 e. The summed E-state index contributed by atoms with van der Waals surface area (Å²) >= 11 is 0. The van der Waals surface area contributed by atoms with E-state index < -0.39 is 15.5 Å². The highest BCUT2D eigenvalue weighted by atomic mass is 32.2. The Kier molecular flexibility index (Phi) is 3.06. The molecule has 1 aromatic heterocycles. The number of aromatic amines is 1. The van der Waals surface area contributed by atoms with Crippen molar-refractivity contribution in [3.8, 4) is 0 Å². The number of benzene rings is 1. The van der Waals surface area contributed by atoms with Crippen LogP contribution in [0.4, 0.5) is 4.39 Å². The lowest BCUT2D eigenvalue weighted by Gasteiger charge is -2.34. The van der Waals surface area contributed by atoms with Gasteiger partial charge in [-0.15, -0.1) is 0 Å². The van der Waals surface area contributed by atoms with Crippen LogP contribution < -0.4 is 0 Å². The Bertz CT molecular complexity index is 694. The molecule has 6 nitrogen and oxygen atoms in total. The van der Waals surface area contributed by atoms with Gasteiger partial charge in [0, 0.05) is 0 Å². The minimum Gasteiger partial charge on any atom is -0.374 e. The molecule has 0 atom stereocenters. The molecule has 1 saturated heterocycles. The third-order valence-corrected chi connectivity index (χ3v) is 4.68. The maximum absolute atomic E-state index is 14.1. The lowest BCUT2D eigenvalue weighted by molar-refractivity contribution is -0.135. The summed E-state index contributed by atoms with van der Waals surface area (Å²) in [5.41, 5.74) is -0.374. The number of nitrogens with one attached hydrogen (secondary N) is 1. The van der Waals surface area contributed by atoms with E-state index in [0.29, 0.717) is 11.1 Å². The van der Waals surface area contributed by atoms with Crippen LogP contribution in [0.1, 0.15) is 11.1 Å². The van der Waals surface area contributed by atoms with Gasteiger partial charge in [-0.05, 0) is 11.1 Å². The lowest BCUT2D eigenvalue weighted by Crippen LogP contribution is -2.42. The molecule has 0 spiro atoms. The third-order valence-electron chi connectivity index (χ3n) is 3.18. The van der Waals surface area contributed by atoms with Gasteiger partial charge in [0.2, 0.25) is 15.0 Å². The molecule has 1 aliphatic rings. The first-order chi connectivity index (χ1) is 9.50. The van der Waals surface area contributed by atoms with Gasteiger partial charge in [-0.3, -0.25) is 5.10 Å². The fourth-order valence-corrected chi connectivity index (χ4v) is 3.15. The van der Waals surface area contributed by atoms with E-state index in [9.17, 15) is 12.8 Å². The van der Waals surface area contributed by atoms with E-state index in [4.69, 9.17) is 4.74 Å². The highest BCUT2D eigenvalue weighted by Crippen LogP contribution is 2.33. The third kappa shape index (κ3) is 2.32. The molecule has 1 aromatic carbocycles. The van der Waals surface area contributed by atoms with Crippen molar-refractivity contribution >= 4 is 9.84 Å². The number of hydrogen-bond acceptors (Lipinski definition) is 5. The minimum absolute atomic E-state index is 0.0444. The molecule has 0 saturated carbocycles. The number of hydrogen-bond donors (Lipinski definition) is 1. The highest BCUT2D eigenvalue weighted by molar-refractivity contribution is 7.90. The molecule has 3 rings (SSSR count). The number of halogens is 1. The molecule has 106 valence electrons. The van der Waals surface area contributed by atoms with Gasteiger partial charge in [0.15, 0.2) is 5.67 Å². The number of ether oxygens (including phenoxy) is 1. The number of sulfone groups is 1. The van der Waals surface area contributed by atoms with Crippen molar-refractivity contribution < 1.29 is 17.5 Å². The van der Waals surface area contributed by atoms with Crippen LogP contribution in [0.2, 0.25) is 0 Å². The van der Waals surface area contributed by atoms with Gasteiger partial charge < -0.3 is 4.74 Å². The first-order valence-corrected chi connectivity index (χ1v) is 7.59. The minimum atomic E-state index is -3.56. The standard InChI is InChI=1S/C12H12FN3O3S/c13-12(6-19-7-12)10-3-1-9(2-4-10)5-20(17,18)11-14-8-15-16-11/h1-4,8H,5-7H2,(H,14,15,16). The van der Waals surface area contributed by atoms with Crippen LogP contribution in [0, 0.1) is 0 Å². The molecule has 0 bridgehead atoms. The fraction of sp³-hybridized carbons (Fsp3) is 0.333. The van der Waals surface area contributed by atoms with Crippen molar-refractivity contribution in [1.29, 1.82) is 0 Å². The van der Waals surface area contributed by atoms with Crippen molar-refractivity contribution in [3.05, 3.63) is 41.7 Å². The number of H-pyrrole nitrogens is 1. The Morgan fingerprint density at radius 3 is 2.50 bits per heavy atom. The summed E-state index contributed by atoms with van der Waals surface area (Å²) in [7, 11) is -3.56. The van der Waals surface area contributed by atoms with E-state index in [-0.39, 0.29) is 24.1 Å². The van der Waals surface area contributed by atoms with E-state index in [2.05, 4.69) is 15.2 Å². The van der Waals surface area contributed by atoms with Crippen LogP contribution in [0.5, 0.6) is 0 Å². The van der Waals surface area contributed by atoms with Crippen molar-refractivity contribution in [2.75, 3.05) is 13.2 Å². The van der Waals surface area contributed by atoms with Crippen LogP contribution in [-0.2, 0) is 26.0 Å². The van der Waals surface area contributed by atoms with Crippen molar-refractivity contribution in [1.82, 2.24) is 15.2 Å². The Hall–Kier alpha value is -1.80. The second-order valence-corrected chi connectivity index (χ2v) is 6.61. The van der Waals surface area contributed by atoms with Crippen molar-refractivity contribution in [3.63, 3.8) is 0 Å². The summed E-state index contributed by atoms with van der Waals surface area (Å²) in [6.07, 6.45) is 1.14. The summed E-state index contributed by atoms with van der Waals surface area (Å²) < 4.78 is 42.9. The predicted molar refractivity (Wildman–Crippen MR) is 67.3 cm³/mol. The Morgan fingerprint density at radius 1 is 1.30 bits per heavy atom. The molecule has 1 N–H and O–H groups in total. The maximum atomic E-state index is 14.1. The predicted octanol–water partition coefficient (Wildman–Crippen LogP) is 0.974. The molecule has 2 aromatic rings. The SMILES string of the molecule is O=S(=O)(Cc1ccc(C2(F)COC2)cc1)c1ncn[nH]1. The van der Waals surface area contributed by atoms with Crippen LogP contribution in [0.3, 0.4) is 0 Å². The first-order valence-electron chi connectivity index (χ1n) is 5.94. The van der Waals surface area contributed by atoms with Gasteiger partial charge in [-0.1, -0.05) is 24.3 Å². The Labute approximate surface area is 114 Å². The van der Waals surface area contributed by atoms with Crippen LogP contribution >= 0.6 is 0 Å². The average Bonchev–Trinajstić information content (AvgIpc) is 2.91. The summed E-state index contributed by atoms with van der Waals surface area (Å²) in [6, 6.07) is 6.38. The molecule has 8 heteroatoms. The zero-order valence-electron chi connectivity index (χ0n) is 10.4. The molecule has 0 radical (unpaired) electrons. The monoisotopic (exact) mass is 297 g/mol. The van der Waals surface area contributed by atoms with Gasteiger partial charge in [-0.2, -0.15) is 5.10 Å². The van der Waals surface area contributed by atoms with E-state index in [0.717, 1.165) is 6.33 Å². The molecule has 2 heterocycles. The summed E-state index contributed by atoms with van der Waals surface area (Å²) in [4.78, 5) is 3.63. The molecule has 0 aliphatic carbocycles.